The molecule has 1 aromatic rings. The number of sulfonamides is 1. The van der Waals surface area contributed by atoms with Crippen molar-refractivity contribution < 1.29 is 13.2 Å². The molecule has 0 bridgehead atoms. The smallest absolute Gasteiger partial charge is 0.240 e. The molecule has 0 aromatic heterocycles. The number of carbonyl (C=O) groups excluding carboxylic acids is 1. The molecule has 7 heteroatoms. The third-order valence-corrected chi connectivity index (χ3v) is 6.95. The zero-order valence-electron chi connectivity index (χ0n) is 14.8. The Balaban J connectivity index is 1.45. The molecule has 2 aliphatic heterocycles. The number of nitrogens with one attached hydrogen (secondary N) is 2. The number of nitrogens with zero attached hydrogens (tertiary/aromatic N) is 1. The lowest BCUT2D eigenvalue weighted by Gasteiger charge is -2.39. The molecule has 3 rings (SSSR count). The van der Waals surface area contributed by atoms with Gasteiger partial charge in [-0.3, -0.25) is 4.79 Å². The minimum Gasteiger partial charge on any atom is -0.343 e. The molecule has 2 aliphatic rings. The van der Waals surface area contributed by atoms with E-state index in [1.54, 1.807) is 24.3 Å². The molecule has 1 aromatic carbocycles. The van der Waals surface area contributed by atoms with E-state index in [1.807, 2.05) is 11.8 Å². The zero-order chi connectivity index (χ0) is 17.9. The van der Waals surface area contributed by atoms with E-state index < -0.39 is 10.0 Å². The minimum atomic E-state index is -3.55. The van der Waals surface area contributed by atoms with Gasteiger partial charge in [0.05, 0.1) is 4.90 Å². The number of piperidine rings is 1. The van der Waals surface area contributed by atoms with Crippen molar-refractivity contribution in [1.29, 1.82) is 0 Å². The summed E-state index contributed by atoms with van der Waals surface area (Å²) in [5.41, 5.74) is 1.39. The van der Waals surface area contributed by atoms with Gasteiger partial charge in [0, 0.05) is 32.6 Å². The first kappa shape index (κ1) is 18.4. The van der Waals surface area contributed by atoms with Gasteiger partial charge in [-0.15, -0.1) is 0 Å². The Morgan fingerprint density at radius 3 is 2.48 bits per heavy atom. The second-order valence-corrected chi connectivity index (χ2v) is 9.04. The summed E-state index contributed by atoms with van der Waals surface area (Å²) in [5, 5.41) is 3.42. The van der Waals surface area contributed by atoms with Crippen LogP contribution in [-0.4, -0.2) is 51.9 Å². The second kappa shape index (κ2) is 7.43. The van der Waals surface area contributed by atoms with Gasteiger partial charge in [-0.25, -0.2) is 13.1 Å². The Hall–Kier alpha value is -1.44. The molecule has 25 heavy (non-hydrogen) atoms. The van der Waals surface area contributed by atoms with E-state index in [4.69, 9.17) is 0 Å². The highest BCUT2D eigenvalue weighted by Gasteiger charge is 2.37. The molecule has 2 N–H and O–H groups in total. The number of aryl methyl sites for hydroxylation is 1. The standard InChI is InChI=1S/C18H27N3O3S/c1-15-2-4-16(5-3-15)25(23,24)20-10-6-17(22)21-12-8-18(9-13-21)7-11-19-14-18/h2-5,19-20H,6-14H2,1H3. The topological polar surface area (TPSA) is 78.5 Å². The summed E-state index contributed by atoms with van der Waals surface area (Å²) >= 11 is 0. The van der Waals surface area contributed by atoms with Crippen molar-refractivity contribution in [2.45, 2.75) is 37.5 Å². The zero-order valence-corrected chi connectivity index (χ0v) is 15.6. The highest BCUT2D eigenvalue weighted by Crippen LogP contribution is 2.36. The molecule has 0 radical (unpaired) electrons. The van der Waals surface area contributed by atoms with Gasteiger partial charge in [0.15, 0.2) is 0 Å². The fraction of sp³-hybridized carbons (Fsp3) is 0.611. The quantitative estimate of drug-likeness (QED) is 0.824. The number of hydrogen-bond acceptors (Lipinski definition) is 4. The van der Waals surface area contributed by atoms with Crippen molar-refractivity contribution in [3.8, 4) is 0 Å². The molecule has 6 nitrogen and oxygen atoms in total. The molecular weight excluding hydrogens is 338 g/mol. The van der Waals surface area contributed by atoms with Crippen LogP contribution in [0, 0.1) is 12.3 Å². The number of hydrogen-bond donors (Lipinski definition) is 2. The lowest BCUT2D eigenvalue weighted by atomic mass is 9.78. The maximum atomic E-state index is 12.3. The average molecular weight is 365 g/mol. The van der Waals surface area contributed by atoms with Crippen LogP contribution in [-0.2, 0) is 14.8 Å². The van der Waals surface area contributed by atoms with Gasteiger partial charge >= 0.3 is 0 Å². The molecule has 0 unspecified atom stereocenters. The molecule has 2 heterocycles. The Labute approximate surface area is 150 Å². The van der Waals surface area contributed by atoms with Crippen LogP contribution in [0.2, 0.25) is 0 Å². The van der Waals surface area contributed by atoms with Crippen molar-refractivity contribution in [3.05, 3.63) is 29.8 Å². The van der Waals surface area contributed by atoms with E-state index in [9.17, 15) is 13.2 Å². The first-order chi connectivity index (χ1) is 11.9. The molecule has 2 saturated heterocycles. The van der Waals surface area contributed by atoms with Gasteiger partial charge < -0.3 is 10.2 Å². The molecule has 0 saturated carbocycles. The van der Waals surface area contributed by atoms with Gasteiger partial charge in [-0.05, 0) is 50.3 Å². The van der Waals surface area contributed by atoms with Crippen LogP contribution in [0.15, 0.2) is 29.2 Å². The van der Waals surface area contributed by atoms with Crippen LogP contribution in [0.3, 0.4) is 0 Å². The van der Waals surface area contributed by atoms with E-state index in [0.717, 1.165) is 44.6 Å². The lowest BCUT2D eigenvalue weighted by Crippen LogP contribution is -2.44. The molecule has 2 fully saturated rings. The average Bonchev–Trinajstić information content (AvgIpc) is 3.04. The van der Waals surface area contributed by atoms with Gasteiger partial charge in [-0.1, -0.05) is 17.7 Å². The summed E-state index contributed by atoms with van der Waals surface area (Å²) in [6.45, 7) is 5.75. The Morgan fingerprint density at radius 1 is 1.20 bits per heavy atom. The Morgan fingerprint density at radius 2 is 1.88 bits per heavy atom. The fourth-order valence-electron chi connectivity index (χ4n) is 3.70. The van der Waals surface area contributed by atoms with Gasteiger partial charge in [0.1, 0.15) is 0 Å². The molecular formula is C18H27N3O3S. The molecule has 1 spiro atoms. The summed E-state index contributed by atoms with van der Waals surface area (Å²) in [7, 11) is -3.55. The van der Waals surface area contributed by atoms with E-state index in [-0.39, 0.29) is 23.8 Å². The highest BCUT2D eigenvalue weighted by molar-refractivity contribution is 7.89. The second-order valence-electron chi connectivity index (χ2n) is 7.27. The Kier molecular flexibility index (Phi) is 5.46. The van der Waals surface area contributed by atoms with Crippen LogP contribution in [0.1, 0.15) is 31.2 Å². The van der Waals surface area contributed by atoms with Crippen molar-refractivity contribution >= 4 is 15.9 Å². The summed E-state index contributed by atoms with van der Waals surface area (Å²) in [6.07, 6.45) is 3.49. The SMILES string of the molecule is Cc1ccc(S(=O)(=O)NCCC(=O)N2CCC3(CCNC3)CC2)cc1. The van der Waals surface area contributed by atoms with E-state index in [1.165, 1.54) is 6.42 Å². The van der Waals surface area contributed by atoms with E-state index in [0.29, 0.717) is 5.41 Å². The number of likely N-dealkylation sites (tertiary alicyclic amines) is 1. The largest absolute Gasteiger partial charge is 0.343 e. The highest BCUT2D eigenvalue weighted by atomic mass is 32.2. The van der Waals surface area contributed by atoms with Crippen LogP contribution >= 0.6 is 0 Å². The van der Waals surface area contributed by atoms with Crippen LogP contribution < -0.4 is 10.0 Å². The van der Waals surface area contributed by atoms with E-state index >= 15 is 0 Å². The first-order valence-electron chi connectivity index (χ1n) is 8.95. The molecule has 0 atom stereocenters. The first-order valence-corrected chi connectivity index (χ1v) is 10.4. The summed E-state index contributed by atoms with van der Waals surface area (Å²) < 4.78 is 27.0. The van der Waals surface area contributed by atoms with Gasteiger partial charge in [-0.2, -0.15) is 0 Å². The van der Waals surface area contributed by atoms with Crippen molar-refractivity contribution in [3.63, 3.8) is 0 Å². The van der Waals surface area contributed by atoms with Crippen molar-refractivity contribution in [1.82, 2.24) is 14.9 Å². The van der Waals surface area contributed by atoms with Crippen molar-refractivity contribution in [2.24, 2.45) is 5.41 Å². The number of rotatable bonds is 5. The van der Waals surface area contributed by atoms with Crippen molar-refractivity contribution in [2.75, 3.05) is 32.7 Å². The monoisotopic (exact) mass is 365 g/mol. The summed E-state index contributed by atoms with van der Waals surface area (Å²) in [4.78, 5) is 14.5. The third-order valence-electron chi connectivity index (χ3n) is 5.47. The van der Waals surface area contributed by atoms with Gasteiger partial charge in [0.25, 0.3) is 0 Å². The minimum absolute atomic E-state index is 0.0346. The predicted molar refractivity (Wildman–Crippen MR) is 96.7 cm³/mol. The fourth-order valence-corrected chi connectivity index (χ4v) is 4.74. The molecule has 138 valence electrons. The third kappa shape index (κ3) is 4.40. The summed E-state index contributed by atoms with van der Waals surface area (Å²) in [6, 6.07) is 6.70. The summed E-state index contributed by atoms with van der Waals surface area (Å²) in [5.74, 6) is 0.0346. The maximum absolute atomic E-state index is 12.3. The van der Waals surface area contributed by atoms with Crippen LogP contribution in [0.4, 0.5) is 0 Å². The molecule has 0 aliphatic carbocycles. The Bertz CT molecular complexity index is 700. The van der Waals surface area contributed by atoms with Crippen LogP contribution in [0.5, 0.6) is 0 Å². The number of amides is 1. The van der Waals surface area contributed by atoms with Gasteiger partial charge in [0.2, 0.25) is 15.9 Å². The molecule has 1 amide bonds. The maximum Gasteiger partial charge on any atom is 0.240 e. The number of carbonyl (C=O) groups is 1. The lowest BCUT2D eigenvalue weighted by molar-refractivity contribution is -0.133. The van der Waals surface area contributed by atoms with Crippen LogP contribution in [0.25, 0.3) is 0 Å². The van der Waals surface area contributed by atoms with E-state index in [2.05, 4.69) is 10.0 Å². The normalized spacial score (nSPS) is 20.1. The predicted octanol–water partition coefficient (Wildman–Crippen LogP) is 1.27. The number of benzene rings is 1.